The monoisotopic (exact) mass is 251 g/mol. The van der Waals surface area contributed by atoms with Gasteiger partial charge in [-0.05, 0) is 44.7 Å². The van der Waals surface area contributed by atoms with Crippen LogP contribution in [0.2, 0.25) is 0 Å². The van der Waals surface area contributed by atoms with Crippen molar-refractivity contribution in [1.29, 1.82) is 5.26 Å². The molecule has 0 bridgehead atoms. The summed E-state index contributed by atoms with van der Waals surface area (Å²) in [6.45, 7) is 5.87. The smallest absolute Gasteiger partial charge is 0.122 e. The number of nitriles is 1. The molecule has 2 fully saturated rings. The summed E-state index contributed by atoms with van der Waals surface area (Å²) in [5.74, 6) is 0.547. The lowest BCUT2D eigenvalue weighted by atomic mass is 9.92. The van der Waals surface area contributed by atoms with Crippen molar-refractivity contribution < 1.29 is 4.74 Å². The molecule has 1 N–H and O–H groups in total. The van der Waals surface area contributed by atoms with Crippen LogP contribution < -0.4 is 5.32 Å². The predicted octanol–water partition coefficient (Wildman–Crippen LogP) is 1.38. The first-order chi connectivity index (χ1) is 8.74. The van der Waals surface area contributed by atoms with Crippen LogP contribution in [0.15, 0.2) is 0 Å². The van der Waals surface area contributed by atoms with E-state index >= 15 is 0 Å². The molecule has 2 rings (SSSR count). The molecule has 2 unspecified atom stereocenters. The Bertz CT molecular complexity index is 311. The molecule has 0 radical (unpaired) electrons. The Morgan fingerprint density at radius 3 is 2.78 bits per heavy atom. The number of piperidine rings is 1. The molecule has 102 valence electrons. The standard InChI is InChI=1S/C14H25N3O/c1-3-16-14(10-15,12-6-7-12)11-17-8-4-5-13(9-17)18-2/h12-13,16H,3-9,11H2,1-2H3. The molecule has 0 amide bonds. The molecular weight excluding hydrogens is 226 g/mol. The van der Waals surface area contributed by atoms with Crippen LogP contribution in [0, 0.1) is 17.2 Å². The highest BCUT2D eigenvalue weighted by Gasteiger charge is 2.46. The minimum atomic E-state index is -0.329. The minimum absolute atomic E-state index is 0.329. The van der Waals surface area contributed by atoms with Crippen LogP contribution in [0.5, 0.6) is 0 Å². The normalized spacial score (nSPS) is 28.6. The minimum Gasteiger partial charge on any atom is -0.380 e. The fraction of sp³-hybridized carbons (Fsp3) is 0.929. The number of methoxy groups -OCH3 is 1. The van der Waals surface area contributed by atoms with Gasteiger partial charge >= 0.3 is 0 Å². The van der Waals surface area contributed by atoms with Gasteiger partial charge in [0.1, 0.15) is 5.54 Å². The van der Waals surface area contributed by atoms with Gasteiger partial charge in [0.15, 0.2) is 0 Å². The van der Waals surface area contributed by atoms with Gasteiger partial charge in [-0.25, -0.2) is 0 Å². The molecule has 0 aromatic rings. The molecule has 0 aromatic carbocycles. The van der Waals surface area contributed by atoms with Crippen molar-refractivity contribution in [1.82, 2.24) is 10.2 Å². The summed E-state index contributed by atoms with van der Waals surface area (Å²) in [6.07, 6.45) is 5.06. The van der Waals surface area contributed by atoms with Gasteiger partial charge in [0.25, 0.3) is 0 Å². The van der Waals surface area contributed by atoms with E-state index in [9.17, 15) is 5.26 Å². The number of hydrogen-bond donors (Lipinski definition) is 1. The summed E-state index contributed by atoms with van der Waals surface area (Å²) in [6, 6.07) is 2.56. The lowest BCUT2D eigenvalue weighted by Gasteiger charge is -2.38. The summed E-state index contributed by atoms with van der Waals surface area (Å²) < 4.78 is 5.46. The lowest BCUT2D eigenvalue weighted by molar-refractivity contribution is 0.0229. The number of likely N-dealkylation sites (N-methyl/N-ethyl adjacent to an activating group) is 1. The highest BCUT2D eigenvalue weighted by molar-refractivity contribution is 5.16. The number of ether oxygens (including phenoxy) is 1. The van der Waals surface area contributed by atoms with E-state index in [2.05, 4.69) is 23.2 Å². The van der Waals surface area contributed by atoms with E-state index in [1.165, 1.54) is 19.3 Å². The Morgan fingerprint density at radius 1 is 1.44 bits per heavy atom. The van der Waals surface area contributed by atoms with Gasteiger partial charge < -0.3 is 4.74 Å². The number of likely N-dealkylation sites (tertiary alicyclic amines) is 1. The largest absolute Gasteiger partial charge is 0.380 e. The molecule has 1 aliphatic carbocycles. The maximum Gasteiger partial charge on any atom is 0.122 e. The van der Waals surface area contributed by atoms with E-state index in [-0.39, 0.29) is 5.54 Å². The fourth-order valence-corrected chi connectivity index (χ4v) is 3.09. The molecule has 4 heteroatoms. The van der Waals surface area contributed by atoms with Crippen LogP contribution in [-0.4, -0.2) is 49.8 Å². The average Bonchev–Trinajstić information content (AvgIpc) is 3.23. The van der Waals surface area contributed by atoms with Gasteiger partial charge in [-0.2, -0.15) is 5.26 Å². The third-order valence-corrected chi connectivity index (χ3v) is 4.23. The van der Waals surface area contributed by atoms with Crippen LogP contribution in [0.1, 0.15) is 32.6 Å². The summed E-state index contributed by atoms with van der Waals surface area (Å²) in [7, 11) is 1.79. The van der Waals surface area contributed by atoms with E-state index in [1.807, 2.05) is 0 Å². The molecular formula is C14H25N3O. The second-order valence-corrected chi connectivity index (χ2v) is 5.62. The molecule has 0 aromatic heterocycles. The molecule has 0 spiro atoms. The van der Waals surface area contributed by atoms with E-state index in [0.717, 1.165) is 32.6 Å². The van der Waals surface area contributed by atoms with E-state index in [4.69, 9.17) is 4.74 Å². The van der Waals surface area contributed by atoms with Crippen LogP contribution >= 0.6 is 0 Å². The highest BCUT2D eigenvalue weighted by Crippen LogP contribution is 2.40. The van der Waals surface area contributed by atoms with E-state index in [1.54, 1.807) is 7.11 Å². The van der Waals surface area contributed by atoms with E-state index in [0.29, 0.717) is 12.0 Å². The van der Waals surface area contributed by atoms with Crippen molar-refractivity contribution in [3.8, 4) is 6.07 Å². The lowest BCUT2D eigenvalue weighted by Crippen LogP contribution is -2.56. The molecule has 18 heavy (non-hydrogen) atoms. The quantitative estimate of drug-likeness (QED) is 0.775. The molecule has 1 saturated carbocycles. The topological polar surface area (TPSA) is 48.3 Å². The second-order valence-electron chi connectivity index (χ2n) is 5.62. The number of nitrogens with zero attached hydrogens (tertiary/aromatic N) is 2. The summed E-state index contributed by atoms with van der Waals surface area (Å²) in [4.78, 5) is 2.40. The van der Waals surface area contributed by atoms with E-state index < -0.39 is 0 Å². The zero-order valence-electron chi connectivity index (χ0n) is 11.6. The Balaban J connectivity index is 1.97. The first-order valence-electron chi connectivity index (χ1n) is 7.15. The Morgan fingerprint density at radius 2 is 2.22 bits per heavy atom. The molecule has 2 atom stereocenters. The molecule has 2 aliphatic rings. The fourth-order valence-electron chi connectivity index (χ4n) is 3.09. The van der Waals surface area contributed by atoms with Gasteiger partial charge in [-0.3, -0.25) is 10.2 Å². The van der Waals surface area contributed by atoms with Gasteiger partial charge in [-0.1, -0.05) is 6.92 Å². The van der Waals surface area contributed by atoms with Crippen molar-refractivity contribution in [3.05, 3.63) is 0 Å². The number of nitrogens with one attached hydrogen (secondary N) is 1. The predicted molar refractivity (Wildman–Crippen MR) is 71.2 cm³/mol. The Hall–Kier alpha value is -0.630. The first kappa shape index (κ1) is 13.8. The second kappa shape index (κ2) is 6.01. The van der Waals surface area contributed by atoms with Crippen molar-refractivity contribution >= 4 is 0 Å². The summed E-state index contributed by atoms with van der Waals surface area (Å²) >= 11 is 0. The zero-order chi connectivity index (χ0) is 13.0. The number of hydrogen-bond acceptors (Lipinski definition) is 4. The van der Waals surface area contributed by atoms with Crippen molar-refractivity contribution in [3.63, 3.8) is 0 Å². The van der Waals surface area contributed by atoms with Gasteiger partial charge in [0.2, 0.25) is 0 Å². The van der Waals surface area contributed by atoms with Crippen molar-refractivity contribution in [2.24, 2.45) is 5.92 Å². The van der Waals surface area contributed by atoms with Crippen LogP contribution in [0.25, 0.3) is 0 Å². The maximum absolute atomic E-state index is 9.60. The van der Waals surface area contributed by atoms with Gasteiger partial charge in [0, 0.05) is 20.2 Å². The summed E-state index contributed by atoms with van der Waals surface area (Å²) in [5.41, 5.74) is -0.329. The average molecular weight is 251 g/mol. The maximum atomic E-state index is 9.60. The third-order valence-electron chi connectivity index (χ3n) is 4.23. The van der Waals surface area contributed by atoms with Crippen molar-refractivity contribution in [2.75, 3.05) is 33.3 Å². The Kier molecular flexibility index (Phi) is 4.60. The molecule has 4 nitrogen and oxygen atoms in total. The number of rotatable bonds is 6. The molecule has 1 heterocycles. The molecule has 1 aliphatic heterocycles. The Labute approximate surface area is 110 Å². The van der Waals surface area contributed by atoms with Gasteiger partial charge in [0.05, 0.1) is 12.2 Å². The molecule has 1 saturated heterocycles. The van der Waals surface area contributed by atoms with Crippen LogP contribution in [-0.2, 0) is 4.74 Å². The van der Waals surface area contributed by atoms with Crippen molar-refractivity contribution in [2.45, 2.75) is 44.2 Å². The first-order valence-corrected chi connectivity index (χ1v) is 7.15. The van der Waals surface area contributed by atoms with Crippen LogP contribution in [0.3, 0.4) is 0 Å². The SMILES string of the molecule is CCNC(C#N)(CN1CCCC(OC)C1)C1CC1. The highest BCUT2D eigenvalue weighted by atomic mass is 16.5. The van der Waals surface area contributed by atoms with Crippen LogP contribution in [0.4, 0.5) is 0 Å². The van der Waals surface area contributed by atoms with Gasteiger partial charge in [-0.15, -0.1) is 0 Å². The third kappa shape index (κ3) is 3.03. The summed E-state index contributed by atoms with van der Waals surface area (Å²) in [5, 5.41) is 13.0. The zero-order valence-corrected chi connectivity index (χ0v) is 11.6.